The van der Waals surface area contributed by atoms with Crippen molar-refractivity contribution in [1.82, 2.24) is 9.97 Å². The lowest BCUT2D eigenvalue weighted by Crippen LogP contribution is -2.41. The Kier molecular flexibility index (Phi) is 21.7. The summed E-state index contributed by atoms with van der Waals surface area (Å²) in [5.41, 5.74) is 11.7. The first-order valence-electron chi connectivity index (χ1n) is 25.6. The summed E-state index contributed by atoms with van der Waals surface area (Å²) in [6.45, 7) is 17.1. The zero-order valence-corrected chi connectivity index (χ0v) is 52.5. The van der Waals surface area contributed by atoms with E-state index in [9.17, 15) is 9.59 Å². The van der Waals surface area contributed by atoms with Gasteiger partial charge in [0.15, 0.2) is 12.6 Å². The predicted molar refractivity (Wildman–Crippen MR) is 331 cm³/mol. The third-order valence-electron chi connectivity index (χ3n) is 14.0. The fourth-order valence-electron chi connectivity index (χ4n) is 8.34. The maximum absolute atomic E-state index is 11.6. The molecule has 0 saturated carbocycles. The lowest BCUT2D eigenvalue weighted by atomic mass is 9.75. The van der Waals surface area contributed by atoms with Gasteiger partial charge in [-0.2, -0.15) is 10.5 Å². The molecule has 6 aromatic carbocycles. The molecule has 0 radical (unpaired) electrons. The van der Waals surface area contributed by atoms with Gasteiger partial charge in [0.1, 0.15) is 61.6 Å². The van der Waals surface area contributed by atoms with Gasteiger partial charge in [-0.3, -0.25) is 19.6 Å². The number of ether oxygens (including phenoxy) is 4. The summed E-state index contributed by atoms with van der Waals surface area (Å²) in [7, 11) is -0.477. The maximum atomic E-state index is 11.6. The predicted octanol–water partition coefficient (Wildman–Crippen LogP) is 16.3. The van der Waals surface area contributed by atoms with E-state index in [2.05, 4.69) is 90.7 Å². The maximum Gasteiger partial charge on any atom is 0.495 e. The van der Waals surface area contributed by atoms with Crippen LogP contribution in [-0.4, -0.2) is 40.9 Å². The van der Waals surface area contributed by atoms with Crippen molar-refractivity contribution in [3.05, 3.63) is 224 Å². The van der Waals surface area contributed by atoms with Gasteiger partial charge in [0, 0.05) is 61.5 Å². The monoisotopic (exact) mass is 1330 g/mol. The van der Waals surface area contributed by atoms with Gasteiger partial charge < -0.3 is 28.3 Å². The molecule has 2 aromatic heterocycles. The van der Waals surface area contributed by atoms with Crippen molar-refractivity contribution < 1.29 is 37.8 Å². The van der Waals surface area contributed by atoms with Gasteiger partial charge in [-0.05, 0) is 148 Å². The molecular weight excluding hydrogens is 1270 g/mol. The van der Waals surface area contributed by atoms with E-state index in [1.54, 1.807) is 36.7 Å². The van der Waals surface area contributed by atoms with Crippen molar-refractivity contribution in [3.8, 4) is 46.3 Å². The standard InChI is InChI=1S/C29H22BrClN2O3.C28H28BClN2O5.C7H6Br2/c1-18-22(5-3-6-24(18)25-7-4-8-26(30)19(25)2)17-36-29-11-28(23(15-34)10-27(29)31)35-16-21-9-20(12-32)13-33-14-21;1-18-21(7-6-8-23(18)29-36-27(2,3)28(4,5)37-29)17-35-26-11-25(22(15-33)10-24(26)30)34-16-20-9-19(12-31)13-32-14-20;1-5-6(8)3-2-4-7(5)9/h3-11,13-15H,16-17H2,1-2H3;6-11,13-15H,16-17H2,1-5H3;2-4H,1H3. The Morgan fingerprint density at radius 2 is 0.927 bits per heavy atom. The molecule has 8 aromatic rings. The first-order chi connectivity index (χ1) is 39.2. The molecule has 0 aliphatic carbocycles. The van der Waals surface area contributed by atoms with Crippen LogP contribution < -0.4 is 24.4 Å². The molecule has 1 aliphatic heterocycles. The largest absolute Gasteiger partial charge is 0.495 e. The minimum absolute atomic E-state index is 0.125. The summed E-state index contributed by atoms with van der Waals surface area (Å²) in [5, 5.41) is 18.7. The van der Waals surface area contributed by atoms with Gasteiger partial charge in [-0.1, -0.05) is 126 Å². The first kappa shape index (κ1) is 62.7. The van der Waals surface area contributed by atoms with E-state index in [1.807, 2.05) is 107 Å². The Hall–Kier alpha value is -6.86. The molecule has 0 unspecified atom stereocenters. The molecule has 0 bridgehead atoms. The van der Waals surface area contributed by atoms with Gasteiger partial charge in [0.25, 0.3) is 0 Å². The van der Waals surface area contributed by atoms with Gasteiger partial charge in [0.2, 0.25) is 0 Å². The number of aldehydes is 2. The van der Waals surface area contributed by atoms with Crippen LogP contribution in [0, 0.1) is 50.4 Å². The molecule has 0 amide bonds. The minimum Gasteiger partial charge on any atom is -0.488 e. The van der Waals surface area contributed by atoms with Crippen molar-refractivity contribution >= 4 is 96.1 Å². The van der Waals surface area contributed by atoms with Crippen LogP contribution in [0.15, 0.2) is 147 Å². The van der Waals surface area contributed by atoms with E-state index in [-0.39, 0.29) is 19.8 Å². The fraction of sp³-hybridized carbons (Fsp3) is 0.219. The van der Waals surface area contributed by atoms with Crippen LogP contribution in [0.25, 0.3) is 11.1 Å². The number of pyridine rings is 2. The Morgan fingerprint density at radius 1 is 0.524 bits per heavy atom. The number of halogens is 5. The average molecular weight is 1330 g/mol. The number of carbonyl (C=O) groups excluding carboxylic acids is 2. The number of rotatable bonds is 16. The SMILES string of the molecule is Cc1c(Br)cccc1-c1cccc(COc2cc(OCc3cncc(C#N)c3)c(C=O)cc2Cl)c1C.Cc1c(Br)cccc1Br.Cc1c(COc2cc(OCc3cncc(C#N)c3)c(C=O)cc2Cl)cccc1B1OC(C)(C)C(C)(C)O1. The first-order valence-corrected chi connectivity index (χ1v) is 28.8. The number of hydrogen-bond donors (Lipinski definition) is 0. The fourth-order valence-corrected chi connectivity index (χ4v) is 10.2. The minimum atomic E-state index is -0.477. The van der Waals surface area contributed by atoms with Crippen LogP contribution in [-0.2, 0) is 35.7 Å². The number of carbonyl (C=O) groups is 2. The van der Waals surface area contributed by atoms with Gasteiger partial charge in [-0.25, -0.2) is 0 Å². The molecule has 0 N–H and O–H groups in total. The van der Waals surface area contributed by atoms with Gasteiger partial charge >= 0.3 is 7.12 Å². The highest BCUT2D eigenvalue weighted by atomic mass is 79.9. The zero-order valence-electron chi connectivity index (χ0n) is 46.2. The summed E-state index contributed by atoms with van der Waals surface area (Å²) in [4.78, 5) is 31.3. The van der Waals surface area contributed by atoms with Crippen LogP contribution in [0.1, 0.15) is 104 Å². The molecule has 0 spiro atoms. The third kappa shape index (κ3) is 15.6. The smallest absolute Gasteiger partial charge is 0.488 e. The van der Waals surface area contributed by atoms with Crippen molar-refractivity contribution in [3.63, 3.8) is 0 Å². The lowest BCUT2D eigenvalue weighted by molar-refractivity contribution is 0.00578. The van der Waals surface area contributed by atoms with Crippen molar-refractivity contribution in [2.24, 2.45) is 0 Å². The summed E-state index contributed by atoms with van der Waals surface area (Å²) in [5.74, 6) is 1.44. The quantitative estimate of drug-likeness (QED) is 0.0666. The third-order valence-corrected chi connectivity index (χ3v) is 17.2. The van der Waals surface area contributed by atoms with Crippen LogP contribution >= 0.6 is 71.0 Å². The number of hydrogen-bond acceptors (Lipinski definition) is 12. The second kappa shape index (κ2) is 28.4. The Morgan fingerprint density at radius 3 is 1.38 bits per heavy atom. The topological polar surface area (TPSA) is 163 Å². The Labute approximate surface area is 514 Å². The highest BCUT2D eigenvalue weighted by molar-refractivity contribution is 9.11. The van der Waals surface area contributed by atoms with E-state index in [0.717, 1.165) is 52.3 Å². The summed E-state index contributed by atoms with van der Waals surface area (Å²) in [6, 6.07) is 38.0. The number of nitriles is 2. The van der Waals surface area contributed by atoms with Crippen molar-refractivity contribution in [2.75, 3.05) is 0 Å². The van der Waals surface area contributed by atoms with Gasteiger partial charge in [-0.15, -0.1) is 0 Å². The average Bonchev–Trinajstić information content (AvgIpc) is 3.85. The number of benzene rings is 6. The summed E-state index contributed by atoms with van der Waals surface area (Å²) >= 11 is 23.3. The Bertz CT molecular complexity index is 3700. The number of nitrogens with zero attached hydrogens (tertiary/aromatic N) is 4. The molecule has 418 valence electrons. The summed E-state index contributed by atoms with van der Waals surface area (Å²) < 4.78 is 39.7. The lowest BCUT2D eigenvalue weighted by Gasteiger charge is -2.32. The molecule has 3 heterocycles. The number of aromatic nitrogens is 2. The summed E-state index contributed by atoms with van der Waals surface area (Å²) in [6.07, 6.45) is 7.51. The van der Waals surface area contributed by atoms with Crippen LogP contribution in [0.4, 0.5) is 0 Å². The molecule has 18 heteroatoms. The van der Waals surface area contributed by atoms with Crippen molar-refractivity contribution in [1.29, 1.82) is 10.5 Å². The normalized spacial score (nSPS) is 12.8. The van der Waals surface area contributed by atoms with E-state index in [4.69, 9.17) is 62.0 Å². The van der Waals surface area contributed by atoms with E-state index >= 15 is 0 Å². The molecule has 1 fully saturated rings. The van der Waals surface area contributed by atoms with Crippen LogP contribution in [0.3, 0.4) is 0 Å². The van der Waals surface area contributed by atoms with Gasteiger partial charge in [0.05, 0.1) is 43.5 Å². The molecule has 9 rings (SSSR count). The van der Waals surface area contributed by atoms with Crippen molar-refractivity contribution in [2.45, 2.75) is 93.0 Å². The molecule has 82 heavy (non-hydrogen) atoms. The molecule has 1 saturated heterocycles. The Balaban J connectivity index is 0.000000205. The molecule has 12 nitrogen and oxygen atoms in total. The van der Waals surface area contributed by atoms with Crippen LogP contribution in [0.5, 0.6) is 23.0 Å². The molecule has 0 atom stereocenters. The van der Waals surface area contributed by atoms with Crippen LogP contribution in [0.2, 0.25) is 10.0 Å². The molecule has 1 aliphatic rings. The highest BCUT2D eigenvalue weighted by Crippen LogP contribution is 2.39. The second-order valence-corrected chi connectivity index (χ2v) is 23.4. The highest BCUT2D eigenvalue weighted by Gasteiger charge is 2.52. The molecular formula is C64H56BBr3Cl2N4O8. The van der Waals surface area contributed by atoms with E-state index in [0.29, 0.717) is 85.6 Å². The zero-order chi connectivity index (χ0) is 59.3. The van der Waals surface area contributed by atoms with E-state index < -0.39 is 18.3 Å². The van der Waals surface area contributed by atoms with E-state index in [1.165, 1.54) is 35.7 Å². The second-order valence-electron chi connectivity index (χ2n) is 20.0.